The zero-order valence-electron chi connectivity index (χ0n) is 18.5. The van der Waals surface area contributed by atoms with Gasteiger partial charge in [0, 0.05) is 43.6 Å². The summed E-state index contributed by atoms with van der Waals surface area (Å²) in [5, 5.41) is 11.0. The number of benzene rings is 2. The van der Waals surface area contributed by atoms with E-state index in [1.54, 1.807) is 7.11 Å². The van der Waals surface area contributed by atoms with E-state index in [2.05, 4.69) is 0 Å². The lowest BCUT2D eigenvalue weighted by Crippen LogP contribution is -2.48. The molecule has 0 spiro atoms. The first kappa shape index (κ1) is 22.0. The average Bonchev–Trinajstić information content (AvgIpc) is 3.32. The number of anilines is 1. The van der Waals surface area contributed by atoms with Crippen molar-refractivity contribution in [1.29, 1.82) is 0 Å². The van der Waals surface area contributed by atoms with Crippen LogP contribution in [0.1, 0.15) is 22.3 Å². The molecule has 2 aromatic rings. The molecule has 9 heteroatoms. The molecule has 3 aliphatic rings. The molecule has 0 aromatic heterocycles. The first-order valence-electron chi connectivity index (χ1n) is 11.1. The van der Waals surface area contributed by atoms with Gasteiger partial charge >= 0.3 is 0 Å². The van der Waals surface area contributed by atoms with Gasteiger partial charge in [-0.2, -0.15) is 0 Å². The third-order valence-corrected chi connectivity index (χ3v) is 6.87. The van der Waals surface area contributed by atoms with Gasteiger partial charge in [0.25, 0.3) is 5.69 Å². The Labute approximate surface area is 195 Å². The van der Waals surface area contributed by atoms with Gasteiger partial charge in [0.05, 0.1) is 22.8 Å². The van der Waals surface area contributed by atoms with Crippen molar-refractivity contribution in [1.82, 2.24) is 4.90 Å². The molecule has 0 aliphatic carbocycles. The number of amides is 2. The molecule has 3 aliphatic heterocycles. The number of carbonyl (C=O) groups is 3. The highest BCUT2D eigenvalue weighted by atomic mass is 16.6. The Morgan fingerprint density at radius 3 is 2.47 bits per heavy atom. The smallest absolute Gasteiger partial charge is 0.269 e. The summed E-state index contributed by atoms with van der Waals surface area (Å²) in [6.45, 7) is 0.657. The number of hydrogen-bond donors (Lipinski definition) is 0. The molecule has 5 rings (SSSR count). The van der Waals surface area contributed by atoms with Gasteiger partial charge in [-0.25, -0.2) is 0 Å². The van der Waals surface area contributed by atoms with Crippen molar-refractivity contribution in [2.75, 3.05) is 25.2 Å². The quantitative estimate of drug-likeness (QED) is 0.205. The summed E-state index contributed by atoms with van der Waals surface area (Å²) in [4.78, 5) is 54.4. The molecular formula is C25H23N3O6. The molecule has 3 heterocycles. The number of hydrogen-bond acceptors (Lipinski definition) is 7. The number of nitrogens with zero attached hydrogens (tertiary/aromatic N) is 3. The molecule has 0 saturated carbocycles. The number of ether oxygens (including phenoxy) is 1. The van der Waals surface area contributed by atoms with E-state index < -0.39 is 28.8 Å². The topological polar surface area (TPSA) is 110 Å². The summed E-state index contributed by atoms with van der Waals surface area (Å²) in [7, 11) is 1.56. The van der Waals surface area contributed by atoms with Crippen LogP contribution in [0.4, 0.5) is 11.4 Å². The minimum absolute atomic E-state index is 0.124. The molecule has 2 aromatic carbocycles. The van der Waals surface area contributed by atoms with Crippen molar-refractivity contribution in [2.45, 2.75) is 18.5 Å². The lowest BCUT2D eigenvalue weighted by atomic mass is 9.86. The average molecular weight is 461 g/mol. The van der Waals surface area contributed by atoms with E-state index in [-0.39, 0.29) is 35.4 Å². The molecule has 2 fully saturated rings. The molecule has 34 heavy (non-hydrogen) atoms. The molecule has 4 atom stereocenters. The Morgan fingerprint density at radius 2 is 1.76 bits per heavy atom. The van der Waals surface area contributed by atoms with Crippen LogP contribution < -0.4 is 4.90 Å². The fourth-order valence-corrected chi connectivity index (χ4v) is 5.38. The van der Waals surface area contributed by atoms with Gasteiger partial charge < -0.3 is 9.64 Å². The number of fused-ring (bicyclic) bond motifs is 5. The predicted molar refractivity (Wildman–Crippen MR) is 123 cm³/mol. The molecule has 174 valence electrons. The Kier molecular flexibility index (Phi) is 5.49. The maximum Gasteiger partial charge on any atom is 0.269 e. The predicted octanol–water partition coefficient (Wildman–Crippen LogP) is 2.70. The fourth-order valence-electron chi connectivity index (χ4n) is 5.38. The van der Waals surface area contributed by atoms with Crippen molar-refractivity contribution >= 4 is 35.0 Å². The van der Waals surface area contributed by atoms with E-state index in [1.165, 1.54) is 29.2 Å². The van der Waals surface area contributed by atoms with Crippen LogP contribution in [0.3, 0.4) is 0 Å². The Morgan fingerprint density at radius 1 is 1.06 bits per heavy atom. The number of nitro benzene ring substituents is 1. The van der Waals surface area contributed by atoms with E-state index in [0.29, 0.717) is 13.0 Å². The van der Waals surface area contributed by atoms with E-state index in [9.17, 15) is 24.5 Å². The summed E-state index contributed by atoms with van der Waals surface area (Å²) in [5.74, 6) is -2.47. The van der Waals surface area contributed by atoms with Crippen LogP contribution in [0.25, 0.3) is 6.08 Å². The summed E-state index contributed by atoms with van der Waals surface area (Å²) >= 11 is 0. The first-order valence-corrected chi connectivity index (χ1v) is 11.1. The molecule has 0 bridgehead atoms. The number of non-ortho nitro benzene ring substituents is 1. The van der Waals surface area contributed by atoms with Crippen LogP contribution in [0.15, 0.2) is 54.6 Å². The fraction of sp³-hybridized carbons (Fsp3) is 0.320. The van der Waals surface area contributed by atoms with Crippen LogP contribution in [0.5, 0.6) is 0 Å². The summed E-state index contributed by atoms with van der Waals surface area (Å²) in [5.41, 5.74) is 1.83. The number of para-hydroxylation sites is 1. The number of nitro groups is 1. The maximum atomic E-state index is 13.8. The largest absolute Gasteiger partial charge is 0.385 e. The Balaban J connectivity index is 1.57. The number of methoxy groups -OCH3 is 1. The monoisotopic (exact) mass is 461 g/mol. The lowest BCUT2D eigenvalue weighted by molar-refractivity contribution is -0.384. The standard InChI is InChI=1S/C25H23N3O6/c1-34-14-4-13-26-24(30)20-19-12-9-15-5-2-3-6-18(15)27(19)22(21(20)25(26)31)23(29)16-7-10-17(11-8-16)28(32)33/h2-3,5-12,19-22H,4,13-14H2,1H3/t19-,20+,21-,22+/m1/s1. The number of likely N-dealkylation sites (tertiary alicyclic amines) is 1. The van der Waals surface area contributed by atoms with Crippen LogP contribution >= 0.6 is 0 Å². The minimum Gasteiger partial charge on any atom is -0.385 e. The number of Topliss-reactive ketones (excluding diaryl/α,β-unsaturated/α-hetero) is 1. The molecule has 9 nitrogen and oxygen atoms in total. The van der Waals surface area contributed by atoms with Crippen molar-refractivity contribution in [3.63, 3.8) is 0 Å². The van der Waals surface area contributed by atoms with Crippen molar-refractivity contribution in [2.24, 2.45) is 11.8 Å². The van der Waals surface area contributed by atoms with Gasteiger partial charge in [0.2, 0.25) is 11.8 Å². The highest BCUT2D eigenvalue weighted by Gasteiger charge is 2.63. The second-order valence-electron chi connectivity index (χ2n) is 8.65. The van der Waals surface area contributed by atoms with E-state index in [1.807, 2.05) is 41.3 Å². The Hall–Kier alpha value is -3.85. The lowest BCUT2D eigenvalue weighted by Gasteiger charge is -2.36. The third-order valence-electron chi connectivity index (χ3n) is 6.87. The number of carbonyl (C=O) groups excluding carboxylic acids is 3. The van der Waals surface area contributed by atoms with Gasteiger partial charge in [-0.15, -0.1) is 0 Å². The highest BCUT2D eigenvalue weighted by Crippen LogP contribution is 2.49. The highest BCUT2D eigenvalue weighted by molar-refractivity contribution is 6.14. The first-order chi connectivity index (χ1) is 16.4. The van der Waals surface area contributed by atoms with E-state index >= 15 is 0 Å². The van der Waals surface area contributed by atoms with Gasteiger partial charge in [-0.1, -0.05) is 30.4 Å². The van der Waals surface area contributed by atoms with Crippen LogP contribution in [0.2, 0.25) is 0 Å². The SMILES string of the molecule is COCCCN1C(=O)[C@@H]2[C@@H](C1=O)[C@@H](C(=O)c1ccc([N+](=O)[O-])cc1)N1c3ccccc3C=C[C@H]21. The molecule has 0 N–H and O–H groups in total. The second-order valence-corrected chi connectivity index (χ2v) is 8.65. The summed E-state index contributed by atoms with van der Waals surface area (Å²) in [6, 6.07) is 11.6. The van der Waals surface area contributed by atoms with Crippen LogP contribution in [-0.2, 0) is 14.3 Å². The van der Waals surface area contributed by atoms with Crippen molar-refractivity contribution in [3.8, 4) is 0 Å². The number of rotatable bonds is 7. The van der Waals surface area contributed by atoms with Crippen LogP contribution in [-0.4, -0.2) is 59.8 Å². The van der Waals surface area contributed by atoms with Crippen molar-refractivity contribution < 1.29 is 24.0 Å². The molecule has 2 saturated heterocycles. The van der Waals surface area contributed by atoms with Crippen molar-refractivity contribution in [3.05, 3.63) is 75.8 Å². The second kappa shape index (κ2) is 8.49. The Bertz CT molecular complexity index is 1210. The zero-order chi connectivity index (χ0) is 24.0. The maximum absolute atomic E-state index is 13.8. The molecular weight excluding hydrogens is 438 g/mol. The third kappa shape index (κ3) is 3.31. The molecule has 2 amide bonds. The summed E-state index contributed by atoms with van der Waals surface area (Å²) in [6.07, 6.45) is 4.34. The van der Waals surface area contributed by atoms with Crippen LogP contribution in [0, 0.1) is 22.0 Å². The normalized spacial score (nSPS) is 24.7. The van der Waals surface area contributed by atoms with E-state index in [0.717, 1.165) is 11.3 Å². The van der Waals surface area contributed by atoms with Gasteiger partial charge in [0.15, 0.2) is 5.78 Å². The molecule has 0 unspecified atom stereocenters. The zero-order valence-corrected chi connectivity index (χ0v) is 18.5. The number of ketones is 1. The van der Waals surface area contributed by atoms with Gasteiger partial charge in [-0.05, 0) is 30.2 Å². The minimum atomic E-state index is -0.897. The van der Waals surface area contributed by atoms with E-state index in [4.69, 9.17) is 4.74 Å². The number of imide groups is 1. The van der Waals surface area contributed by atoms with Gasteiger partial charge in [-0.3, -0.25) is 29.4 Å². The molecule has 0 radical (unpaired) electrons. The summed E-state index contributed by atoms with van der Waals surface area (Å²) < 4.78 is 5.06. The van der Waals surface area contributed by atoms with Gasteiger partial charge in [0.1, 0.15) is 6.04 Å².